The van der Waals surface area contributed by atoms with Gasteiger partial charge in [0.2, 0.25) is 5.89 Å². The quantitative estimate of drug-likeness (QED) is 0.504. The third-order valence-corrected chi connectivity index (χ3v) is 4.69. The molecule has 0 spiro atoms. The van der Waals surface area contributed by atoms with Crippen molar-refractivity contribution in [2.45, 2.75) is 33.4 Å². The molecule has 3 heterocycles. The minimum atomic E-state index is -0.567. The number of fused-ring (bicyclic) bond motifs is 1. The first-order chi connectivity index (χ1) is 13.4. The van der Waals surface area contributed by atoms with E-state index in [2.05, 4.69) is 15.2 Å². The van der Waals surface area contributed by atoms with Crippen molar-refractivity contribution in [2.24, 2.45) is 0 Å². The first-order valence-corrected chi connectivity index (χ1v) is 9.03. The normalized spacial score (nSPS) is 11.4. The SMILES string of the molecule is Cc1nc(C)n2ncn(Cc3nn(CCc4ccc(Cl)cc4)c(=O)o3)c(=O)c12. The zero-order chi connectivity index (χ0) is 19.8. The van der Waals surface area contributed by atoms with Crippen LogP contribution in [-0.2, 0) is 19.5 Å². The number of aromatic nitrogens is 6. The molecule has 1 aromatic carbocycles. The van der Waals surface area contributed by atoms with Gasteiger partial charge < -0.3 is 4.42 Å². The average molecular weight is 401 g/mol. The molecule has 4 rings (SSSR count). The summed E-state index contributed by atoms with van der Waals surface area (Å²) in [5, 5.41) is 9.07. The second kappa shape index (κ2) is 7.08. The third-order valence-electron chi connectivity index (χ3n) is 4.44. The van der Waals surface area contributed by atoms with Crippen molar-refractivity contribution >= 4 is 17.1 Å². The number of benzene rings is 1. The van der Waals surface area contributed by atoms with Crippen LogP contribution >= 0.6 is 11.6 Å². The van der Waals surface area contributed by atoms with Crippen LogP contribution in [0.5, 0.6) is 0 Å². The van der Waals surface area contributed by atoms with Crippen LogP contribution in [-0.4, -0.2) is 28.9 Å². The summed E-state index contributed by atoms with van der Waals surface area (Å²) in [5.41, 5.74) is 1.74. The number of hydrogen-bond acceptors (Lipinski definition) is 6. The lowest BCUT2D eigenvalue weighted by atomic mass is 10.1. The summed E-state index contributed by atoms with van der Waals surface area (Å²) >= 11 is 5.87. The topological polar surface area (TPSA) is 100 Å². The Morgan fingerprint density at radius 3 is 2.64 bits per heavy atom. The van der Waals surface area contributed by atoms with Gasteiger partial charge in [-0.25, -0.2) is 14.3 Å². The number of hydrogen-bond donors (Lipinski definition) is 0. The van der Waals surface area contributed by atoms with Gasteiger partial charge in [0.15, 0.2) is 5.52 Å². The van der Waals surface area contributed by atoms with Gasteiger partial charge in [0.1, 0.15) is 18.7 Å². The predicted molar refractivity (Wildman–Crippen MR) is 102 cm³/mol. The van der Waals surface area contributed by atoms with Crippen LogP contribution in [0.2, 0.25) is 5.02 Å². The molecule has 4 aromatic rings. The number of aryl methyl sites for hydroxylation is 4. The van der Waals surface area contributed by atoms with E-state index in [4.69, 9.17) is 16.0 Å². The Kier molecular flexibility index (Phi) is 4.60. The highest BCUT2D eigenvalue weighted by Crippen LogP contribution is 2.10. The van der Waals surface area contributed by atoms with E-state index in [1.165, 1.54) is 20.1 Å². The maximum Gasteiger partial charge on any atom is 0.437 e. The molecular formula is C18H17ClN6O3. The van der Waals surface area contributed by atoms with Gasteiger partial charge in [-0.15, -0.1) is 5.10 Å². The van der Waals surface area contributed by atoms with Gasteiger partial charge in [-0.2, -0.15) is 9.78 Å². The van der Waals surface area contributed by atoms with E-state index in [0.717, 1.165) is 5.56 Å². The summed E-state index contributed by atoms with van der Waals surface area (Å²) < 4.78 is 9.28. The zero-order valence-electron chi connectivity index (χ0n) is 15.3. The average Bonchev–Trinajstić information content (AvgIpc) is 3.16. The molecule has 3 aromatic heterocycles. The maximum atomic E-state index is 12.7. The largest absolute Gasteiger partial charge is 0.437 e. The summed E-state index contributed by atoms with van der Waals surface area (Å²) in [6, 6.07) is 7.38. The molecule has 144 valence electrons. The molecule has 0 bridgehead atoms. The first-order valence-electron chi connectivity index (χ1n) is 8.65. The highest BCUT2D eigenvalue weighted by Gasteiger charge is 2.14. The maximum absolute atomic E-state index is 12.7. The highest BCUT2D eigenvalue weighted by atomic mass is 35.5. The number of halogens is 1. The van der Waals surface area contributed by atoms with Crippen LogP contribution < -0.4 is 11.3 Å². The Morgan fingerprint density at radius 2 is 1.89 bits per heavy atom. The van der Waals surface area contributed by atoms with Gasteiger partial charge in [-0.1, -0.05) is 23.7 Å². The molecule has 0 aliphatic rings. The van der Waals surface area contributed by atoms with Crippen LogP contribution in [0, 0.1) is 13.8 Å². The third kappa shape index (κ3) is 3.36. The number of nitrogens with zero attached hydrogens (tertiary/aromatic N) is 6. The monoisotopic (exact) mass is 400 g/mol. The van der Waals surface area contributed by atoms with E-state index >= 15 is 0 Å². The Morgan fingerprint density at radius 1 is 1.14 bits per heavy atom. The smallest absolute Gasteiger partial charge is 0.390 e. The van der Waals surface area contributed by atoms with Gasteiger partial charge in [0.25, 0.3) is 5.56 Å². The predicted octanol–water partition coefficient (Wildman–Crippen LogP) is 1.60. The summed E-state index contributed by atoms with van der Waals surface area (Å²) in [7, 11) is 0. The number of rotatable bonds is 5. The molecule has 0 saturated carbocycles. The first kappa shape index (κ1) is 18.2. The summed E-state index contributed by atoms with van der Waals surface area (Å²) in [4.78, 5) is 29.0. The van der Waals surface area contributed by atoms with Crippen molar-refractivity contribution in [3.05, 3.63) is 79.5 Å². The summed E-state index contributed by atoms with van der Waals surface area (Å²) in [6.07, 6.45) is 1.99. The van der Waals surface area contributed by atoms with E-state index < -0.39 is 5.76 Å². The van der Waals surface area contributed by atoms with Crippen LogP contribution in [0.15, 0.2) is 44.6 Å². The zero-order valence-corrected chi connectivity index (χ0v) is 16.0. The molecular weight excluding hydrogens is 384 g/mol. The molecule has 28 heavy (non-hydrogen) atoms. The van der Waals surface area contributed by atoms with Crippen LogP contribution in [0.1, 0.15) is 23.0 Å². The molecule has 9 nitrogen and oxygen atoms in total. The molecule has 0 atom stereocenters. The van der Waals surface area contributed by atoms with Gasteiger partial charge in [0, 0.05) is 5.02 Å². The van der Waals surface area contributed by atoms with E-state index in [1.807, 2.05) is 12.1 Å². The molecule has 0 saturated heterocycles. The molecule has 0 unspecified atom stereocenters. The lowest BCUT2D eigenvalue weighted by Gasteiger charge is -2.03. The van der Waals surface area contributed by atoms with Crippen LogP contribution in [0.4, 0.5) is 0 Å². The lowest BCUT2D eigenvalue weighted by Crippen LogP contribution is -2.24. The van der Waals surface area contributed by atoms with Gasteiger partial charge in [0.05, 0.1) is 12.2 Å². The Balaban J connectivity index is 1.55. The fraction of sp³-hybridized carbons (Fsp3) is 0.278. The number of imidazole rings is 1. The Bertz CT molecular complexity index is 1270. The Hall–Kier alpha value is -3.20. The standard InChI is InChI=1S/C18H17ClN6O3/c1-11-16-17(26)23(10-20-25(16)12(2)21-11)9-15-22-24(18(27)28-15)8-7-13-3-5-14(19)6-4-13/h3-6,10H,7-9H2,1-2H3. The molecule has 0 amide bonds. The van der Waals surface area contributed by atoms with E-state index in [1.54, 1.807) is 26.0 Å². The molecule has 0 N–H and O–H groups in total. The summed E-state index contributed by atoms with van der Waals surface area (Å²) in [5.74, 6) is 0.209. The second-order valence-electron chi connectivity index (χ2n) is 6.43. The van der Waals surface area contributed by atoms with Gasteiger partial charge in [-0.3, -0.25) is 9.36 Å². The molecule has 0 radical (unpaired) electrons. The van der Waals surface area contributed by atoms with E-state index in [0.29, 0.717) is 35.0 Å². The highest BCUT2D eigenvalue weighted by molar-refractivity contribution is 6.30. The van der Waals surface area contributed by atoms with E-state index in [9.17, 15) is 9.59 Å². The lowest BCUT2D eigenvalue weighted by molar-refractivity contribution is 0.433. The van der Waals surface area contributed by atoms with Crippen molar-refractivity contribution in [1.82, 2.24) is 28.9 Å². The minimum Gasteiger partial charge on any atom is -0.390 e. The van der Waals surface area contributed by atoms with Gasteiger partial charge in [-0.05, 0) is 38.0 Å². The van der Waals surface area contributed by atoms with Gasteiger partial charge >= 0.3 is 5.76 Å². The fourth-order valence-electron chi connectivity index (χ4n) is 3.05. The van der Waals surface area contributed by atoms with Crippen molar-refractivity contribution in [3.63, 3.8) is 0 Å². The van der Waals surface area contributed by atoms with Crippen molar-refractivity contribution in [3.8, 4) is 0 Å². The van der Waals surface area contributed by atoms with Crippen molar-refractivity contribution in [1.29, 1.82) is 0 Å². The van der Waals surface area contributed by atoms with Crippen molar-refractivity contribution < 1.29 is 4.42 Å². The Labute approximate surface area is 163 Å². The summed E-state index contributed by atoms with van der Waals surface area (Å²) in [6.45, 7) is 3.89. The van der Waals surface area contributed by atoms with Crippen LogP contribution in [0.25, 0.3) is 5.52 Å². The van der Waals surface area contributed by atoms with Crippen molar-refractivity contribution in [2.75, 3.05) is 0 Å². The molecule has 0 aliphatic carbocycles. The molecule has 0 fully saturated rings. The molecule has 10 heteroatoms. The fourth-order valence-corrected chi connectivity index (χ4v) is 3.17. The minimum absolute atomic E-state index is 0.00911. The van der Waals surface area contributed by atoms with Crippen LogP contribution in [0.3, 0.4) is 0 Å². The second-order valence-corrected chi connectivity index (χ2v) is 6.87. The molecule has 0 aliphatic heterocycles. The van der Waals surface area contributed by atoms with E-state index in [-0.39, 0.29) is 18.0 Å².